The van der Waals surface area contributed by atoms with Crippen molar-refractivity contribution in [3.05, 3.63) is 0 Å². The average Bonchev–Trinajstić information content (AvgIpc) is 2.57. The molecule has 2 atom stereocenters. The van der Waals surface area contributed by atoms with E-state index in [1.54, 1.807) is 0 Å². The van der Waals surface area contributed by atoms with E-state index < -0.39 is 0 Å². The summed E-state index contributed by atoms with van der Waals surface area (Å²) in [4.78, 5) is 25.0. The van der Waals surface area contributed by atoms with E-state index in [4.69, 9.17) is 11.6 Å². The third kappa shape index (κ3) is 3.87. The number of amides is 3. The van der Waals surface area contributed by atoms with Gasteiger partial charge >= 0.3 is 6.03 Å². The Morgan fingerprint density at radius 3 is 2.71 bits per heavy atom. The van der Waals surface area contributed by atoms with Gasteiger partial charge in [0, 0.05) is 12.4 Å². The van der Waals surface area contributed by atoms with E-state index >= 15 is 0 Å². The predicted molar refractivity (Wildman–Crippen MR) is 68.1 cm³/mol. The first kappa shape index (κ1) is 14.3. The zero-order valence-corrected chi connectivity index (χ0v) is 11.3. The molecule has 4 nitrogen and oxygen atoms in total. The summed E-state index contributed by atoms with van der Waals surface area (Å²) in [5.41, 5.74) is 0. The lowest BCUT2D eigenvalue weighted by Gasteiger charge is -2.17. The van der Waals surface area contributed by atoms with Gasteiger partial charge in [-0.15, -0.1) is 11.6 Å². The molecule has 0 aromatic rings. The largest absolute Gasteiger partial charge is 0.326 e. The Morgan fingerprint density at radius 1 is 1.41 bits per heavy atom. The van der Waals surface area contributed by atoms with Gasteiger partial charge in [-0.3, -0.25) is 9.69 Å². The molecule has 3 amide bonds. The van der Waals surface area contributed by atoms with Gasteiger partial charge in [0.15, 0.2) is 0 Å². The third-order valence-corrected chi connectivity index (χ3v) is 3.44. The number of hydrogen-bond acceptors (Lipinski definition) is 2. The maximum atomic E-state index is 12.0. The monoisotopic (exact) mass is 260 g/mol. The first-order valence-electron chi connectivity index (χ1n) is 6.28. The molecule has 1 heterocycles. The highest BCUT2D eigenvalue weighted by atomic mass is 35.5. The van der Waals surface area contributed by atoms with E-state index in [0.717, 1.165) is 19.3 Å². The number of unbranched alkanes of at least 4 members (excludes halogenated alkanes) is 1. The van der Waals surface area contributed by atoms with Gasteiger partial charge in [0.25, 0.3) is 5.91 Å². The normalized spacial score (nSPS) is 21.8. The molecule has 1 aliphatic rings. The lowest BCUT2D eigenvalue weighted by Crippen LogP contribution is -2.35. The Hall–Kier alpha value is -0.770. The molecule has 0 aliphatic carbocycles. The minimum Gasteiger partial charge on any atom is -0.326 e. The molecular weight excluding hydrogens is 240 g/mol. The van der Waals surface area contributed by atoms with Crippen molar-refractivity contribution in [1.29, 1.82) is 0 Å². The van der Waals surface area contributed by atoms with Crippen molar-refractivity contribution < 1.29 is 9.59 Å². The number of halogens is 1. The molecule has 1 aliphatic heterocycles. The zero-order chi connectivity index (χ0) is 12.8. The summed E-state index contributed by atoms with van der Waals surface area (Å²) in [6.45, 7) is 4.62. The number of hydrogen-bond donors (Lipinski definition) is 1. The van der Waals surface area contributed by atoms with Crippen LogP contribution in [0.2, 0.25) is 0 Å². The Morgan fingerprint density at radius 2 is 2.12 bits per heavy atom. The van der Waals surface area contributed by atoms with Crippen LogP contribution >= 0.6 is 11.6 Å². The zero-order valence-electron chi connectivity index (χ0n) is 10.5. The van der Waals surface area contributed by atoms with Crippen LogP contribution in [0.5, 0.6) is 0 Å². The van der Waals surface area contributed by atoms with Gasteiger partial charge in [-0.2, -0.15) is 0 Å². The average molecular weight is 261 g/mol. The number of nitrogens with zero attached hydrogens (tertiary/aromatic N) is 1. The number of imide groups is 1. The fraction of sp³-hybridized carbons (Fsp3) is 0.833. The summed E-state index contributed by atoms with van der Waals surface area (Å²) >= 11 is 5.59. The molecule has 5 heteroatoms. The first-order valence-corrected chi connectivity index (χ1v) is 6.81. The Labute approximate surface area is 108 Å². The molecule has 0 bridgehead atoms. The highest BCUT2D eigenvalue weighted by Gasteiger charge is 2.37. The molecule has 98 valence electrons. The van der Waals surface area contributed by atoms with Crippen molar-refractivity contribution in [2.45, 2.75) is 45.6 Å². The second-order valence-electron chi connectivity index (χ2n) is 4.65. The maximum Gasteiger partial charge on any atom is 0.324 e. The summed E-state index contributed by atoms with van der Waals surface area (Å²) in [6.07, 6.45) is 3.41. The van der Waals surface area contributed by atoms with E-state index in [2.05, 4.69) is 12.2 Å². The van der Waals surface area contributed by atoms with Crippen molar-refractivity contribution in [1.82, 2.24) is 10.2 Å². The minimum absolute atomic E-state index is 0.0788. The van der Waals surface area contributed by atoms with E-state index in [9.17, 15) is 9.59 Å². The first-order chi connectivity index (χ1) is 8.10. The number of rotatable bonds is 7. The summed E-state index contributed by atoms with van der Waals surface area (Å²) < 4.78 is 0. The fourth-order valence-corrected chi connectivity index (χ4v) is 2.02. The summed E-state index contributed by atoms with van der Waals surface area (Å²) in [5, 5.41) is 2.74. The van der Waals surface area contributed by atoms with Crippen LogP contribution in [0.15, 0.2) is 0 Å². The van der Waals surface area contributed by atoms with Crippen molar-refractivity contribution in [3.63, 3.8) is 0 Å². The van der Waals surface area contributed by atoms with E-state index in [0.29, 0.717) is 24.8 Å². The van der Waals surface area contributed by atoms with Crippen molar-refractivity contribution >= 4 is 23.5 Å². The van der Waals surface area contributed by atoms with Crippen LogP contribution in [-0.4, -0.2) is 35.3 Å². The van der Waals surface area contributed by atoms with Crippen LogP contribution < -0.4 is 5.32 Å². The van der Waals surface area contributed by atoms with Crippen molar-refractivity contribution in [3.8, 4) is 0 Å². The van der Waals surface area contributed by atoms with Crippen LogP contribution in [0.3, 0.4) is 0 Å². The molecule has 17 heavy (non-hydrogen) atoms. The Balaban J connectivity index is 2.47. The lowest BCUT2D eigenvalue weighted by atomic mass is 10.1. The molecule has 0 spiro atoms. The van der Waals surface area contributed by atoms with Gasteiger partial charge < -0.3 is 5.32 Å². The van der Waals surface area contributed by atoms with Gasteiger partial charge in [0.1, 0.15) is 6.04 Å². The molecular formula is C12H21ClN2O2. The standard InChI is InChI=1S/C12H21ClN2O2/c1-3-9(2)8-15-11(16)10(14-12(15)17)6-4-5-7-13/h9-10H,3-8H2,1-2H3,(H,14,17). The smallest absolute Gasteiger partial charge is 0.324 e. The summed E-state index contributed by atoms with van der Waals surface area (Å²) in [7, 11) is 0. The van der Waals surface area contributed by atoms with E-state index in [1.165, 1.54) is 4.90 Å². The van der Waals surface area contributed by atoms with Crippen molar-refractivity contribution in [2.75, 3.05) is 12.4 Å². The molecule has 1 rings (SSSR count). The summed E-state index contributed by atoms with van der Waals surface area (Å²) in [5.74, 6) is 0.877. The SMILES string of the molecule is CCC(C)CN1C(=O)NC(CCCCCl)C1=O. The number of alkyl halides is 1. The van der Waals surface area contributed by atoms with Crippen LogP contribution in [-0.2, 0) is 4.79 Å². The second-order valence-corrected chi connectivity index (χ2v) is 5.03. The van der Waals surface area contributed by atoms with Crippen LogP contribution in [0.1, 0.15) is 39.5 Å². The second kappa shape index (κ2) is 6.84. The van der Waals surface area contributed by atoms with E-state index in [1.807, 2.05) is 6.92 Å². The van der Waals surface area contributed by atoms with Crippen LogP contribution in [0.25, 0.3) is 0 Å². The van der Waals surface area contributed by atoms with Gasteiger partial charge in [-0.05, 0) is 25.2 Å². The Bertz CT molecular complexity index is 284. The lowest BCUT2D eigenvalue weighted by molar-refractivity contribution is -0.128. The van der Waals surface area contributed by atoms with Gasteiger partial charge in [0.05, 0.1) is 0 Å². The highest BCUT2D eigenvalue weighted by molar-refractivity contribution is 6.17. The number of carbonyl (C=O) groups is 2. The number of urea groups is 1. The molecule has 0 aromatic heterocycles. The molecule has 0 saturated carbocycles. The summed E-state index contributed by atoms with van der Waals surface area (Å²) in [6, 6.07) is -0.582. The molecule has 0 aromatic carbocycles. The topological polar surface area (TPSA) is 49.4 Å². The molecule has 1 fully saturated rings. The maximum absolute atomic E-state index is 12.0. The molecule has 2 unspecified atom stereocenters. The minimum atomic E-state index is -0.338. The van der Waals surface area contributed by atoms with Crippen LogP contribution in [0.4, 0.5) is 4.79 Å². The molecule has 1 saturated heterocycles. The molecule has 0 radical (unpaired) electrons. The van der Waals surface area contributed by atoms with Gasteiger partial charge in [-0.1, -0.05) is 20.3 Å². The van der Waals surface area contributed by atoms with Gasteiger partial charge in [-0.25, -0.2) is 4.79 Å². The van der Waals surface area contributed by atoms with Crippen LogP contribution in [0, 0.1) is 5.92 Å². The van der Waals surface area contributed by atoms with Gasteiger partial charge in [0.2, 0.25) is 0 Å². The quantitative estimate of drug-likeness (QED) is 0.434. The number of carbonyl (C=O) groups excluding carboxylic acids is 2. The van der Waals surface area contributed by atoms with E-state index in [-0.39, 0.29) is 18.0 Å². The Kier molecular flexibility index (Phi) is 5.75. The highest BCUT2D eigenvalue weighted by Crippen LogP contribution is 2.15. The molecule has 1 N–H and O–H groups in total. The predicted octanol–water partition coefficient (Wildman–Crippen LogP) is 2.36. The van der Waals surface area contributed by atoms with Crippen molar-refractivity contribution in [2.24, 2.45) is 5.92 Å². The third-order valence-electron chi connectivity index (χ3n) is 3.17. The number of nitrogens with one attached hydrogen (secondary N) is 1. The fourth-order valence-electron chi connectivity index (χ4n) is 1.83.